The number of carbonyl (C=O) groups is 1. The molecule has 1 aliphatic heterocycles. The molecule has 0 aliphatic carbocycles. The molecule has 1 atom stereocenters. The van der Waals surface area contributed by atoms with Gasteiger partial charge < -0.3 is 19.3 Å². The number of aromatic nitrogens is 1. The van der Waals surface area contributed by atoms with Gasteiger partial charge in [-0.15, -0.1) is 0 Å². The van der Waals surface area contributed by atoms with Crippen molar-refractivity contribution in [3.8, 4) is 5.75 Å². The van der Waals surface area contributed by atoms with Gasteiger partial charge in [0.2, 0.25) is 5.75 Å². The minimum absolute atomic E-state index is 0.0690. The van der Waals surface area contributed by atoms with Crippen LogP contribution in [0.4, 0.5) is 5.82 Å². The number of hydrogen-bond donors (Lipinski definition) is 0. The van der Waals surface area contributed by atoms with Crippen LogP contribution in [0.25, 0.3) is 0 Å². The Labute approximate surface area is 178 Å². The summed E-state index contributed by atoms with van der Waals surface area (Å²) in [5, 5.41) is 17.1. The van der Waals surface area contributed by atoms with E-state index in [1.54, 1.807) is 31.4 Å². The molecule has 0 fully saturated rings. The van der Waals surface area contributed by atoms with Crippen molar-refractivity contribution in [3.05, 3.63) is 87.5 Å². The number of furan rings is 1. The summed E-state index contributed by atoms with van der Waals surface area (Å²) in [5.74, 6) is -0.346. The fourth-order valence-corrected chi connectivity index (χ4v) is 3.34. The second-order valence-corrected chi connectivity index (χ2v) is 7.21. The molecule has 1 aromatic carbocycles. The molecule has 0 N–H and O–H groups in total. The van der Waals surface area contributed by atoms with Crippen LogP contribution in [0.5, 0.6) is 5.75 Å². The zero-order valence-corrected chi connectivity index (χ0v) is 17.0. The minimum Gasteiger partial charge on any atom is -0.475 e. The maximum Gasteiger partial charge on any atom is 0.406 e. The Balaban J connectivity index is 1.57. The highest BCUT2D eigenvalue weighted by atomic mass is 16.6. The van der Waals surface area contributed by atoms with Crippen molar-refractivity contribution in [2.75, 3.05) is 6.61 Å². The van der Waals surface area contributed by atoms with Crippen molar-refractivity contribution >= 4 is 17.4 Å². The average Bonchev–Trinajstić information content (AvgIpc) is 3.43. The van der Waals surface area contributed by atoms with Crippen LogP contribution in [0.2, 0.25) is 0 Å². The van der Waals surface area contributed by atoms with Gasteiger partial charge in [0, 0.05) is 13.3 Å². The van der Waals surface area contributed by atoms with Gasteiger partial charge in [-0.25, -0.2) is 5.01 Å². The lowest BCUT2D eigenvalue weighted by Crippen LogP contribution is -2.31. The number of rotatable bonds is 6. The monoisotopic (exact) mass is 420 g/mol. The van der Waals surface area contributed by atoms with Gasteiger partial charge in [-0.1, -0.05) is 29.8 Å². The lowest BCUT2D eigenvalue weighted by molar-refractivity contribution is -0.390. The molecule has 31 heavy (non-hydrogen) atoms. The Kier molecular flexibility index (Phi) is 5.48. The molecule has 3 aromatic rings. The first-order chi connectivity index (χ1) is 14.9. The third-order valence-corrected chi connectivity index (χ3v) is 4.92. The Morgan fingerprint density at radius 2 is 2.00 bits per heavy atom. The molecule has 9 heteroatoms. The second-order valence-electron chi connectivity index (χ2n) is 7.21. The van der Waals surface area contributed by atoms with Gasteiger partial charge in [0.1, 0.15) is 17.5 Å². The number of pyridine rings is 1. The molecule has 9 nitrogen and oxygen atoms in total. The van der Waals surface area contributed by atoms with E-state index in [-0.39, 0.29) is 5.75 Å². The molecular formula is C22H20N4O5. The van der Waals surface area contributed by atoms with Crippen LogP contribution < -0.4 is 4.74 Å². The summed E-state index contributed by atoms with van der Waals surface area (Å²) < 4.78 is 11.0. The van der Waals surface area contributed by atoms with Gasteiger partial charge in [0.25, 0.3) is 5.91 Å². The molecular weight excluding hydrogens is 400 g/mol. The molecule has 1 amide bonds. The number of carbonyl (C=O) groups excluding carboxylic acids is 1. The SMILES string of the molecule is Cc1ccc(C2=NN(C(=O)COc3ccc(C)nc3[N+](=O)[O-])C(c3ccco3)C2)cc1. The Hall–Kier alpha value is -4.01. The highest BCUT2D eigenvalue weighted by Gasteiger charge is 2.35. The van der Waals surface area contributed by atoms with E-state index in [0.717, 1.165) is 16.8 Å². The standard InChI is InChI=1S/C22H20N4O5/c1-14-5-8-16(9-6-14)17-12-18(19-4-3-11-30-19)25(24-17)21(27)13-31-20-10-7-15(2)23-22(20)26(28)29/h3-11,18H,12-13H2,1-2H3. The molecule has 0 radical (unpaired) electrons. The van der Waals surface area contributed by atoms with Crippen LogP contribution in [0, 0.1) is 24.0 Å². The average molecular weight is 420 g/mol. The van der Waals surface area contributed by atoms with Gasteiger partial charge >= 0.3 is 5.82 Å². The highest BCUT2D eigenvalue weighted by Crippen LogP contribution is 2.33. The fraction of sp³-hybridized carbons (Fsp3) is 0.227. The van der Waals surface area contributed by atoms with Crippen LogP contribution in [-0.2, 0) is 4.79 Å². The van der Waals surface area contributed by atoms with Crippen LogP contribution in [-0.4, -0.2) is 33.1 Å². The number of amides is 1. The first kappa shape index (κ1) is 20.3. The molecule has 4 rings (SSSR count). The molecule has 3 heterocycles. The summed E-state index contributed by atoms with van der Waals surface area (Å²) >= 11 is 0. The fourth-order valence-electron chi connectivity index (χ4n) is 3.34. The van der Waals surface area contributed by atoms with Crippen molar-refractivity contribution in [2.45, 2.75) is 26.3 Å². The Morgan fingerprint density at radius 3 is 2.68 bits per heavy atom. The summed E-state index contributed by atoms with van der Waals surface area (Å²) in [7, 11) is 0. The van der Waals surface area contributed by atoms with E-state index in [2.05, 4.69) is 10.1 Å². The minimum atomic E-state index is -0.637. The predicted octanol–water partition coefficient (Wildman–Crippen LogP) is 3.96. The maximum absolute atomic E-state index is 13.0. The molecule has 158 valence electrons. The van der Waals surface area contributed by atoms with E-state index in [4.69, 9.17) is 9.15 Å². The van der Waals surface area contributed by atoms with E-state index < -0.39 is 29.3 Å². The number of ether oxygens (including phenoxy) is 1. The number of aryl methyl sites for hydroxylation is 2. The number of hydrazone groups is 1. The predicted molar refractivity (Wildman–Crippen MR) is 112 cm³/mol. The summed E-state index contributed by atoms with van der Waals surface area (Å²) in [4.78, 5) is 27.4. The second kappa shape index (κ2) is 8.39. The Bertz CT molecular complexity index is 1140. The maximum atomic E-state index is 13.0. The lowest BCUT2D eigenvalue weighted by Gasteiger charge is -2.19. The quantitative estimate of drug-likeness (QED) is 0.441. The van der Waals surface area contributed by atoms with E-state index in [1.807, 2.05) is 31.2 Å². The molecule has 1 unspecified atom stereocenters. The van der Waals surface area contributed by atoms with Gasteiger partial charge in [-0.2, -0.15) is 5.10 Å². The first-order valence-electron chi connectivity index (χ1n) is 9.67. The van der Waals surface area contributed by atoms with E-state index >= 15 is 0 Å². The molecule has 0 saturated carbocycles. The van der Waals surface area contributed by atoms with Gasteiger partial charge in [-0.3, -0.25) is 4.79 Å². The third-order valence-electron chi connectivity index (χ3n) is 4.92. The van der Waals surface area contributed by atoms with Crippen LogP contribution in [0.1, 0.15) is 35.0 Å². The largest absolute Gasteiger partial charge is 0.475 e. The summed E-state index contributed by atoms with van der Waals surface area (Å²) in [6.45, 7) is 3.22. The molecule has 0 spiro atoms. The number of hydrogen-bond acceptors (Lipinski definition) is 7. The normalized spacial score (nSPS) is 15.6. The van der Waals surface area contributed by atoms with Crippen molar-refractivity contribution in [2.24, 2.45) is 5.10 Å². The summed E-state index contributed by atoms with van der Waals surface area (Å²) in [5.41, 5.74) is 3.27. The molecule has 0 saturated heterocycles. The smallest absolute Gasteiger partial charge is 0.406 e. The highest BCUT2D eigenvalue weighted by molar-refractivity contribution is 6.03. The molecule has 2 aromatic heterocycles. The number of nitro groups is 1. The summed E-state index contributed by atoms with van der Waals surface area (Å²) in [6, 6.07) is 14.0. The zero-order valence-electron chi connectivity index (χ0n) is 17.0. The van der Waals surface area contributed by atoms with Gasteiger partial charge in [-0.05, 0) is 46.7 Å². The van der Waals surface area contributed by atoms with Crippen molar-refractivity contribution in [1.29, 1.82) is 0 Å². The van der Waals surface area contributed by atoms with Crippen molar-refractivity contribution < 1.29 is 18.9 Å². The van der Waals surface area contributed by atoms with Crippen LogP contribution in [0.15, 0.2) is 64.3 Å². The lowest BCUT2D eigenvalue weighted by atomic mass is 10.0. The number of benzene rings is 1. The van der Waals surface area contributed by atoms with E-state index in [9.17, 15) is 14.9 Å². The van der Waals surface area contributed by atoms with Gasteiger partial charge in [0.05, 0.1) is 12.0 Å². The van der Waals surface area contributed by atoms with Crippen molar-refractivity contribution in [1.82, 2.24) is 9.99 Å². The summed E-state index contributed by atoms with van der Waals surface area (Å²) in [6.07, 6.45) is 2.02. The molecule has 1 aliphatic rings. The first-order valence-corrected chi connectivity index (χ1v) is 9.67. The zero-order chi connectivity index (χ0) is 22.0. The topological polar surface area (TPSA) is 111 Å². The third kappa shape index (κ3) is 4.30. The molecule has 0 bridgehead atoms. The van der Waals surface area contributed by atoms with Crippen LogP contribution in [0.3, 0.4) is 0 Å². The van der Waals surface area contributed by atoms with Crippen molar-refractivity contribution in [3.63, 3.8) is 0 Å². The van der Waals surface area contributed by atoms with E-state index in [1.165, 1.54) is 11.1 Å². The van der Waals surface area contributed by atoms with E-state index in [0.29, 0.717) is 17.9 Å². The van der Waals surface area contributed by atoms with Crippen LogP contribution >= 0.6 is 0 Å². The number of nitrogens with zero attached hydrogens (tertiary/aromatic N) is 4. The Morgan fingerprint density at radius 1 is 1.23 bits per heavy atom. The van der Waals surface area contributed by atoms with Gasteiger partial charge in [0.15, 0.2) is 6.61 Å².